The second-order valence-corrected chi connectivity index (χ2v) is 8.11. The molecule has 1 amide bonds. The zero-order chi connectivity index (χ0) is 22.8. The predicted molar refractivity (Wildman–Crippen MR) is 119 cm³/mol. The molecule has 168 valence electrons. The molecule has 7 nitrogen and oxygen atoms in total. The van der Waals surface area contributed by atoms with E-state index in [-0.39, 0.29) is 30.6 Å². The molecule has 2 aromatic carbocycles. The van der Waals surface area contributed by atoms with Crippen molar-refractivity contribution in [1.82, 2.24) is 4.90 Å². The molecule has 7 heteroatoms. The van der Waals surface area contributed by atoms with Gasteiger partial charge < -0.3 is 24.2 Å². The minimum atomic E-state index is -0.787. The SMILES string of the molecule is COCCN1C(=O)C(=O)/C(=C(/O)c2ccc3c(c2)CCO3)C1c1ccccc1OC(C)C. The lowest BCUT2D eigenvalue weighted by atomic mass is 9.94. The molecule has 1 unspecified atom stereocenters. The maximum absolute atomic E-state index is 13.1. The highest BCUT2D eigenvalue weighted by atomic mass is 16.5. The van der Waals surface area contributed by atoms with Crippen LogP contribution in [0.5, 0.6) is 11.5 Å². The number of amides is 1. The van der Waals surface area contributed by atoms with Crippen LogP contribution in [0.25, 0.3) is 5.76 Å². The van der Waals surface area contributed by atoms with Crippen molar-refractivity contribution >= 4 is 17.4 Å². The van der Waals surface area contributed by atoms with Crippen molar-refractivity contribution in [2.75, 3.05) is 26.9 Å². The van der Waals surface area contributed by atoms with E-state index in [1.807, 2.05) is 38.1 Å². The first-order valence-corrected chi connectivity index (χ1v) is 10.7. The topological polar surface area (TPSA) is 85.3 Å². The first kappa shape index (κ1) is 21.9. The van der Waals surface area contributed by atoms with Gasteiger partial charge >= 0.3 is 0 Å². The third kappa shape index (κ3) is 3.96. The maximum atomic E-state index is 13.1. The summed E-state index contributed by atoms with van der Waals surface area (Å²) in [6, 6.07) is 11.8. The molecular formula is C25H27NO6. The van der Waals surface area contributed by atoms with Gasteiger partial charge in [0.25, 0.3) is 11.7 Å². The van der Waals surface area contributed by atoms with Crippen molar-refractivity contribution in [3.63, 3.8) is 0 Å². The average Bonchev–Trinajstić information content (AvgIpc) is 3.34. The Hall–Kier alpha value is -3.32. The van der Waals surface area contributed by atoms with E-state index in [2.05, 4.69) is 0 Å². The molecule has 2 aliphatic rings. The molecule has 0 bridgehead atoms. The summed E-state index contributed by atoms with van der Waals surface area (Å²) in [5.74, 6) is -0.265. The summed E-state index contributed by atoms with van der Waals surface area (Å²) >= 11 is 0. The van der Waals surface area contributed by atoms with E-state index in [4.69, 9.17) is 14.2 Å². The Kier molecular flexibility index (Phi) is 6.19. The number of ether oxygens (including phenoxy) is 3. The zero-order valence-corrected chi connectivity index (χ0v) is 18.5. The fraction of sp³-hybridized carbons (Fsp3) is 0.360. The van der Waals surface area contributed by atoms with Crippen molar-refractivity contribution in [2.24, 2.45) is 0 Å². The Bertz CT molecular complexity index is 1070. The molecule has 1 fully saturated rings. The molecule has 1 saturated heterocycles. The van der Waals surface area contributed by atoms with Gasteiger partial charge in [-0.25, -0.2) is 0 Å². The van der Waals surface area contributed by atoms with Crippen LogP contribution < -0.4 is 9.47 Å². The number of carbonyl (C=O) groups is 2. The number of benzene rings is 2. The van der Waals surface area contributed by atoms with E-state index in [1.165, 1.54) is 12.0 Å². The highest BCUT2D eigenvalue weighted by molar-refractivity contribution is 6.46. The van der Waals surface area contributed by atoms with Crippen LogP contribution in [-0.2, 0) is 20.7 Å². The number of fused-ring (bicyclic) bond motifs is 1. The van der Waals surface area contributed by atoms with Gasteiger partial charge in [0.1, 0.15) is 17.3 Å². The molecule has 0 radical (unpaired) electrons. The van der Waals surface area contributed by atoms with E-state index >= 15 is 0 Å². The molecule has 4 rings (SSSR count). The number of para-hydroxylation sites is 1. The van der Waals surface area contributed by atoms with Crippen LogP contribution in [0.15, 0.2) is 48.0 Å². The monoisotopic (exact) mass is 437 g/mol. The smallest absolute Gasteiger partial charge is 0.295 e. The Labute approximate surface area is 187 Å². The molecular weight excluding hydrogens is 410 g/mol. The summed E-state index contributed by atoms with van der Waals surface area (Å²) in [6.45, 7) is 4.86. The summed E-state index contributed by atoms with van der Waals surface area (Å²) in [7, 11) is 1.54. The molecule has 2 aromatic rings. The van der Waals surface area contributed by atoms with E-state index in [9.17, 15) is 14.7 Å². The number of ketones is 1. The number of aliphatic hydroxyl groups excluding tert-OH is 1. The molecule has 0 saturated carbocycles. The van der Waals surface area contributed by atoms with Gasteiger partial charge in [0.15, 0.2) is 0 Å². The van der Waals surface area contributed by atoms with Gasteiger partial charge in [-0.1, -0.05) is 18.2 Å². The summed E-state index contributed by atoms with van der Waals surface area (Å²) in [4.78, 5) is 27.5. The van der Waals surface area contributed by atoms with Crippen LogP contribution in [-0.4, -0.2) is 54.7 Å². The van der Waals surface area contributed by atoms with Gasteiger partial charge in [-0.2, -0.15) is 0 Å². The minimum Gasteiger partial charge on any atom is -0.507 e. The number of likely N-dealkylation sites (tertiary alicyclic amines) is 1. The van der Waals surface area contributed by atoms with E-state index in [0.717, 1.165) is 17.7 Å². The number of methoxy groups -OCH3 is 1. The number of hydrogen-bond acceptors (Lipinski definition) is 6. The minimum absolute atomic E-state index is 0.0461. The summed E-state index contributed by atoms with van der Waals surface area (Å²) < 4.78 is 16.7. The number of rotatable bonds is 7. The predicted octanol–water partition coefficient (Wildman–Crippen LogP) is 3.48. The number of carbonyl (C=O) groups excluding carboxylic acids is 2. The van der Waals surface area contributed by atoms with Gasteiger partial charge in [0.2, 0.25) is 0 Å². The Morgan fingerprint density at radius 3 is 2.75 bits per heavy atom. The number of aliphatic hydroxyl groups is 1. The third-order valence-electron chi connectivity index (χ3n) is 5.62. The van der Waals surface area contributed by atoms with Crippen molar-refractivity contribution < 1.29 is 28.9 Å². The Morgan fingerprint density at radius 2 is 2.00 bits per heavy atom. The van der Waals surface area contributed by atoms with Gasteiger partial charge in [-0.15, -0.1) is 0 Å². The van der Waals surface area contributed by atoms with Crippen LogP contribution >= 0.6 is 0 Å². The zero-order valence-electron chi connectivity index (χ0n) is 18.5. The third-order valence-corrected chi connectivity index (χ3v) is 5.62. The molecule has 1 atom stereocenters. The second-order valence-electron chi connectivity index (χ2n) is 8.11. The molecule has 2 heterocycles. The van der Waals surface area contributed by atoms with Gasteiger partial charge in [-0.05, 0) is 43.7 Å². The number of hydrogen-bond donors (Lipinski definition) is 1. The quantitative estimate of drug-likeness (QED) is 0.406. The lowest BCUT2D eigenvalue weighted by molar-refractivity contribution is -0.140. The van der Waals surface area contributed by atoms with E-state index < -0.39 is 17.7 Å². The highest BCUT2D eigenvalue weighted by Crippen LogP contribution is 2.43. The van der Waals surface area contributed by atoms with E-state index in [1.54, 1.807) is 18.2 Å². The van der Waals surface area contributed by atoms with Crippen molar-refractivity contribution in [1.29, 1.82) is 0 Å². The van der Waals surface area contributed by atoms with E-state index in [0.29, 0.717) is 23.5 Å². The number of nitrogens with zero attached hydrogens (tertiary/aromatic N) is 1. The molecule has 0 aromatic heterocycles. The van der Waals surface area contributed by atoms with Crippen LogP contribution in [0, 0.1) is 0 Å². The first-order chi connectivity index (χ1) is 15.4. The van der Waals surface area contributed by atoms with Crippen molar-refractivity contribution in [3.05, 3.63) is 64.7 Å². The molecule has 0 aliphatic carbocycles. The second kappa shape index (κ2) is 9.04. The number of Topliss-reactive ketones (excluding diaryl/α,β-unsaturated/α-hetero) is 1. The van der Waals surface area contributed by atoms with Gasteiger partial charge in [0, 0.05) is 31.2 Å². The fourth-order valence-electron chi connectivity index (χ4n) is 4.18. The average molecular weight is 437 g/mol. The summed E-state index contributed by atoms with van der Waals surface area (Å²) in [6.07, 6.45) is 0.627. The maximum Gasteiger partial charge on any atom is 0.295 e. The summed E-state index contributed by atoms with van der Waals surface area (Å²) in [5, 5.41) is 11.3. The largest absolute Gasteiger partial charge is 0.507 e. The lowest BCUT2D eigenvalue weighted by Crippen LogP contribution is -2.33. The highest BCUT2D eigenvalue weighted by Gasteiger charge is 2.47. The lowest BCUT2D eigenvalue weighted by Gasteiger charge is -2.27. The van der Waals surface area contributed by atoms with Gasteiger partial charge in [0.05, 0.1) is 30.9 Å². The van der Waals surface area contributed by atoms with Crippen LogP contribution in [0.1, 0.15) is 36.6 Å². The van der Waals surface area contributed by atoms with Crippen LogP contribution in [0.2, 0.25) is 0 Å². The standard InChI is InChI=1S/C25H27NO6/c1-15(2)32-20-7-5-4-6-18(20)22-21(24(28)25(29)26(22)11-13-30-3)23(27)17-8-9-19-16(14-17)10-12-31-19/h4-9,14-15,22,27H,10-13H2,1-3H3/b23-21+. The molecule has 0 spiro atoms. The Morgan fingerprint density at radius 1 is 1.22 bits per heavy atom. The molecule has 2 aliphatic heterocycles. The van der Waals surface area contributed by atoms with Crippen molar-refractivity contribution in [2.45, 2.75) is 32.4 Å². The first-order valence-electron chi connectivity index (χ1n) is 10.7. The molecule has 32 heavy (non-hydrogen) atoms. The van der Waals surface area contributed by atoms with Crippen LogP contribution in [0.3, 0.4) is 0 Å². The fourth-order valence-corrected chi connectivity index (χ4v) is 4.18. The van der Waals surface area contributed by atoms with Crippen molar-refractivity contribution in [3.8, 4) is 11.5 Å². The summed E-state index contributed by atoms with van der Waals surface area (Å²) in [5.41, 5.74) is 2.13. The van der Waals surface area contributed by atoms with Crippen LogP contribution in [0.4, 0.5) is 0 Å². The Balaban J connectivity index is 1.87. The molecule has 1 N–H and O–H groups in total. The normalized spacial score (nSPS) is 19.4. The van der Waals surface area contributed by atoms with Gasteiger partial charge in [-0.3, -0.25) is 9.59 Å².